The Bertz CT molecular complexity index is 130. The number of methoxy groups -OCH3 is 2. The highest BCUT2D eigenvalue weighted by molar-refractivity contribution is 4.94. The van der Waals surface area contributed by atoms with Crippen LogP contribution in [0.1, 0.15) is 20.3 Å². The number of ether oxygens (including phenoxy) is 2. The molecule has 0 aromatic rings. The molecule has 1 N–H and O–H groups in total. The molecule has 0 aliphatic carbocycles. The molecule has 0 aromatic carbocycles. The molecule has 0 bridgehead atoms. The fraction of sp³-hybridized carbons (Fsp3) is 0.778. The van der Waals surface area contributed by atoms with Gasteiger partial charge in [0.1, 0.15) is 0 Å². The van der Waals surface area contributed by atoms with Crippen LogP contribution in [0, 0.1) is 0 Å². The van der Waals surface area contributed by atoms with Gasteiger partial charge in [-0.15, -0.1) is 0 Å². The van der Waals surface area contributed by atoms with E-state index in [0.717, 1.165) is 6.42 Å². The van der Waals surface area contributed by atoms with Crippen LogP contribution < -0.4 is 5.32 Å². The Morgan fingerprint density at radius 2 is 2.00 bits per heavy atom. The Balaban J connectivity index is 3.53. The SMILES string of the molecule is CC/C(C)=C/NCC(OC)OC. The summed E-state index contributed by atoms with van der Waals surface area (Å²) in [5.74, 6) is 0. The van der Waals surface area contributed by atoms with Crippen LogP contribution in [0.5, 0.6) is 0 Å². The molecule has 0 aromatic heterocycles. The van der Waals surface area contributed by atoms with Gasteiger partial charge in [0, 0.05) is 14.2 Å². The van der Waals surface area contributed by atoms with Crippen molar-refractivity contribution in [3.63, 3.8) is 0 Å². The number of nitrogens with one attached hydrogen (secondary N) is 1. The smallest absolute Gasteiger partial charge is 0.173 e. The number of hydrogen-bond donors (Lipinski definition) is 1. The van der Waals surface area contributed by atoms with Gasteiger partial charge in [-0.05, 0) is 19.5 Å². The summed E-state index contributed by atoms with van der Waals surface area (Å²) in [5.41, 5.74) is 1.32. The molecule has 3 heteroatoms. The van der Waals surface area contributed by atoms with Gasteiger partial charge < -0.3 is 14.8 Å². The van der Waals surface area contributed by atoms with E-state index in [-0.39, 0.29) is 6.29 Å². The molecule has 0 radical (unpaired) electrons. The van der Waals surface area contributed by atoms with Crippen molar-refractivity contribution in [3.05, 3.63) is 11.8 Å². The van der Waals surface area contributed by atoms with Crippen LogP contribution in [0.2, 0.25) is 0 Å². The second kappa shape index (κ2) is 7.13. The summed E-state index contributed by atoms with van der Waals surface area (Å²) in [5, 5.41) is 3.13. The van der Waals surface area contributed by atoms with Gasteiger partial charge in [-0.2, -0.15) is 0 Å². The largest absolute Gasteiger partial charge is 0.386 e. The van der Waals surface area contributed by atoms with Gasteiger partial charge >= 0.3 is 0 Å². The normalized spacial score (nSPS) is 12.2. The lowest BCUT2D eigenvalue weighted by Gasteiger charge is -2.12. The second-order valence-electron chi connectivity index (χ2n) is 2.65. The maximum absolute atomic E-state index is 5.00. The average molecular weight is 173 g/mol. The molecule has 3 nitrogen and oxygen atoms in total. The Morgan fingerprint density at radius 3 is 2.42 bits per heavy atom. The van der Waals surface area contributed by atoms with E-state index < -0.39 is 0 Å². The number of allylic oxidation sites excluding steroid dienone is 1. The number of rotatable bonds is 6. The quantitative estimate of drug-likeness (QED) is 0.618. The van der Waals surface area contributed by atoms with Crippen LogP contribution in [0.15, 0.2) is 11.8 Å². The van der Waals surface area contributed by atoms with Gasteiger partial charge in [0.05, 0.1) is 6.54 Å². The van der Waals surface area contributed by atoms with E-state index in [1.807, 2.05) is 6.20 Å². The minimum Gasteiger partial charge on any atom is -0.386 e. The molecule has 12 heavy (non-hydrogen) atoms. The molecule has 0 saturated carbocycles. The van der Waals surface area contributed by atoms with Crippen LogP contribution >= 0.6 is 0 Å². The van der Waals surface area contributed by atoms with Gasteiger partial charge in [0.25, 0.3) is 0 Å². The second-order valence-corrected chi connectivity index (χ2v) is 2.65. The molecule has 72 valence electrons. The summed E-state index contributed by atoms with van der Waals surface area (Å²) in [7, 11) is 3.26. The molecule has 0 heterocycles. The van der Waals surface area contributed by atoms with E-state index in [4.69, 9.17) is 9.47 Å². The van der Waals surface area contributed by atoms with Crippen LogP contribution in [0.4, 0.5) is 0 Å². The van der Waals surface area contributed by atoms with Crippen LogP contribution in [-0.4, -0.2) is 27.1 Å². The van der Waals surface area contributed by atoms with Crippen molar-refractivity contribution < 1.29 is 9.47 Å². The third-order valence-electron chi connectivity index (χ3n) is 1.72. The molecule has 0 atom stereocenters. The first-order valence-corrected chi connectivity index (χ1v) is 4.19. The lowest BCUT2D eigenvalue weighted by Crippen LogP contribution is -2.26. The molecular formula is C9H19NO2. The zero-order valence-corrected chi connectivity index (χ0v) is 8.39. The lowest BCUT2D eigenvalue weighted by molar-refractivity contribution is -0.0972. The topological polar surface area (TPSA) is 30.5 Å². The molecule has 0 spiro atoms. The first-order valence-electron chi connectivity index (χ1n) is 4.19. The summed E-state index contributed by atoms with van der Waals surface area (Å²) < 4.78 is 10.0. The molecule has 0 aliphatic heterocycles. The van der Waals surface area contributed by atoms with Gasteiger partial charge in [-0.1, -0.05) is 12.5 Å². The third-order valence-corrected chi connectivity index (χ3v) is 1.72. The molecule has 0 fully saturated rings. The minimum absolute atomic E-state index is 0.161. The summed E-state index contributed by atoms with van der Waals surface area (Å²) in [6.07, 6.45) is 2.90. The molecule has 0 saturated heterocycles. The van der Waals surface area contributed by atoms with Crippen LogP contribution in [0.3, 0.4) is 0 Å². The summed E-state index contributed by atoms with van der Waals surface area (Å²) >= 11 is 0. The Morgan fingerprint density at radius 1 is 1.42 bits per heavy atom. The maximum atomic E-state index is 5.00. The highest BCUT2D eigenvalue weighted by atomic mass is 16.7. The Kier molecular flexibility index (Phi) is 6.81. The van der Waals surface area contributed by atoms with E-state index in [0.29, 0.717) is 6.54 Å². The van der Waals surface area contributed by atoms with Gasteiger partial charge in [0.15, 0.2) is 6.29 Å². The molecular weight excluding hydrogens is 154 g/mol. The van der Waals surface area contributed by atoms with E-state index >= 15 is 0 Å². The average Bonchev–Trinajstić information content (AvgIpc) is 2.12. The summed E-state index contributed by atoms with van der Waals surface area (Å²) in [6.45, 7) is 4.89. The Labute approximate surface area is 74.7 Å². The van der Waals surface area contributed by atoms with Gasteiger partial charge in [-0.3, -0.25) is 0 Å². The minimum atomic E-state index is -0.161. The van der Waals surface area contributed by atoms with Gasteiger partial charge in [0.2, 0.25) is 0 Å². The van der Waals surface area contributed by atoms with Crippen molar-refractivity contribution in [1.29, 1.82) is 0 Å². The van der Waals surface area contributed by atoms with Crippen molar-refractivity contribution >= 4 is 0 Å². The van der Waals surface area contributed by atoms with Crippen LogP contribution in [0.25, 0.3) is 0 Å². The van der Waals surface area contributed by atoms with Crippen molar-refractivity contribution in [2.75, 3.05) is 20.8 Å². The zero-order valence-electron chi connectivity index (χ0n) is 8.39. The van der Waals surface area contributed by atoms with E-state index in [2.05, 4.69) is 19.2 Å². The lowest BCUT2D eigenvalue weighted by atomic mass is 10.3. The summed E-state index contributed by atoms with van der Waals surface area (Å²) in [6, 6.07) is 0. The predicted octanol–water partition coefficient (Wildman–Crippen LogP) is 1.51. The fourth-order valence-corrected chi connectivity index (χ4v) is 0.694. The van der Waals surface area contributed by atoms with E-state index in [1.165, 1.54) is 5.57 Å². The molecule has 0 rings (SSSR count). The van der Waals surface area contributed by atoms with Crippen LogP contribution in [-0.2, 0) is 9.47 Å². The number of hydrogen-bond acceptors (Lipinski definition) is 3. The van der Waals surface area contributed by atoms with Crippen molar-refractivity contribution in [2.45, 2.75) is 26.6 Å². The van der Waals surface area contributed by atoms with E-state index in [9.17, 15) is 0 Å². The highest BCUT2D eigenvalue weighted by Crippen LogP contribution is 1.95. The van der Waals surface area contributed by atoms with Crippen molar-refractivity contribution in [1.82, 2.24) is 5.32 Å². The monoisotopic (exact) mass is 173 g/mol. The van der Waals surface area contributed by atoms with E-state index in [1.54, 1.807) is 14.2 Å². The Hall–Kier alpha value is -0.540. The first kappa shape index (κ1) is 11.5. The first-order chi connectivity index (χ1) is 5.74. The predicted molar refractivity (Wildman–Crippen MR) is 49.9 cm³/mol. The standard InChI is InChI=1S/C9H19NO2/c1-5-8(2)6-10-7-9(11-3)12-4/h6,9-10H,5,7H2,1-4H3/b8-6+. The fourth-order valence-electron chi connectivity index (χ4n) is 0.694. The highest BCUT2D eigenvalue weighted by Gasteiger charge is 2.01. The molecule has 0 amide bonds. The van der Waals surface area contributed by atoms with Gasteiger partial charge in [-0.25, -0.2) is 0 Å². The van der Waals surface area contributed by atoms with Crippen molar-refractivity contribution in [3.8, 4) is 0 Å². The van der Waals surface area contributed by atoms with Crippen molar-refractivity contribution in [2.24, 2.45) is 0 Å². The maximum Gasteiger partial charge on any atom is 0.173 e. The zero-order chi connectivity index (χ0) is 9.40. The summed E-state index contributed by atoms with van der Waals surface area (Å²) in [4.78, 5) is 0. The third kappa shape index (κ3) is 5.16. The molecule has 0 aliphatic rings. The molecule has 0 unspecified atom stereocenters.